The van der Waals surface area contributed by atoms with Crippen LogP contribution in [0, 0.1) is 11.7 Å². The van der Waals surface area contributed by atoms with Gasteiger partial charge in [0.25, 0.3) is 0 Å². The van der Waals surface area contributed by atoms with Crippen molar-refractivity contribution in [2.75, 3.05) is 39.2 Å². The third-order valence-corrected chi connectivity index (χ3v) is 8.38. The van der Waals surface area contributed by atoms with Crippen molar-refractivity contribution in [1.29, 1.82) is 0 Å². The van der Waals surface area contributed by atoms with Crippen LogP contribution in [0.1, 0.15) is 42.7 Å². The summed E-state index contributed by atoms with van der Waals surface area (Å²) < 4.78 is 58.5. The Kier molecular flexibility index (Phi) is 9.54. The van der Waals surface area contributed by atoms with E-state index in [0.717, 1.165) is 22.6 Å². The molecule has 0 spiro atoms. The number of ether oxygens (including phenoxy) is 1. The number of amides is 4. The van der Waals surface area contributed by atoms with Gasteiger partial charge in [0.1, 0.15) is 5.82 Å². The molecule has 13 heteroatoms. The molecule has 2 aliphatic rings. The summed E-state index contributed by atoms with van der Waals surface area (Å²) in [4.78, 5) is 42.9. The summed E-state index contributed by atoms with van der Waals surface area (Å²) in [5.41, 5.74) is -0.286. The van der Waals surface area contributed by atoms with Gasteiger partial charge in [-0.2, -0.15) is 13.2 Å². The number of carbonyl (C=O) groups excluding carboxylic acids is 3. The molecule has 4 amide bonds. The zero-order chi connectivity index (χ0) is 30.8. The fourth-order valence-electron chi connectivity index (χ4n) is 5.79. The number of halogens is 5. The van der Waals surface area contributed by atoms with Crippen molar-refractivity contribution in [3.05, 3.63) is 64.4 Å². The molecule has 0 unspecified atom stereocenters. The first-order chi connectivity index (χ1) is 19.8. The molecule has 2 aromatic carbocycles. The molecule has 0 aromatic heterocycles. The lowest BCUT2D eigenvalue weighted by atomic mass is 9.85. The van der Waals surface area contributed by atoms with Gasteiger partial charge in [-0.25, -0.2) is 14.0 Å². The van der Waals surface area contributed by atoms with Crippen LogP contribution in [0.5, 0.6) is 0 Å². The number of urea groups is 1. The first kappa shape index (κ1) is 31.4. The van der Waals surface area contributed by atoms with Gasteiger partial charge < -0.3 is 19.9 Å². The van der Waals surface area contributed by atoms with E-state index in [1.54, 1.807) is 17.0 Å². The monoisotopic (exact) mass is 612 g/mol. The van der Waals surface area contributed by atoms with E-state index in [9.17, 15) is 31.9 Å². The van der Waals surface area contributed by atoms with Gasteiger partial charge in [0.15, 0.2) is 0 Å². The predicted octanol–water partition coefficient (Wildman–Crippen LogP) is 5.90. The normalized spacial score (nSPS) is 22.4. The molecule has 2 atom stereocenters. The molecule has 8 nitrogen and oxygen atoms in total. The van der Waals surface area contributed by atoms with Gasteiger partial charge in [-0.1, -0.05) is 23.7 Å². The average molecular weight is 613 g/mol. The molecule has 0 bridgehead atoms. The fraction of sp³-hybridized carbons (Fsp3) is 0.483. The highest BCUT2D eigenvalue weighted by Crippen LogP contribution is 2.37. The molecule has 1 saturated heterocycles. The number of hydrogen-bond acceptors (Lipinski definition) is 4. The Hall–Kier alpha value is -3.54. The zero-order valence-corrected chi connectivity index (χ0v) is 24.2. The highest BCUT2D eigenvalue weighted by atomic mass is 35.5. The van der Waals surface area contributed by atoms with Gasteiger partial charge in [0.2, 0.25) is 5.91 Å². The van der Waals surface area contributed by atoms with Crippen molar-refractivity contribution >= 4 is 35.3 Å². The average Bonchev–Trinajstić information content (AvgIpc) is 3.41. The van der Waals surface area contributed by atoms with Crippen molar-refractivity contribution in [1.82, 2.24) is 15.1 Å². The second kappa shape index (κ2) is 12.8. The number of alkyl carbamates (subject to hydrolysis) is 1. The Morgan fingerprint density at radius 1 is 1.00 bits per heavy atom. The Morgan fingerprint density at radius 2 is 1.64 bits per heavy atom. The Morgan fingerprint density at radius 3 is 2.24 bits per heavy atom. The second-order valence-electron chi connectivity index (χ2n) is 10.8. The summed E-state index contributed by atoms with van der Waals surface area (Å²) in [5, 5.41) is 2.60. The molecule has 4 rings (SSSR count). The Labute approximate surface area is 246 Å². The van der Waals surface area contributed by atoms with E-state index in [-0.39, 0.29) is 47.6 Å². The number of hydrogen-bond donors (Lipinski definition) is 1. The molecule has 1 N–H and O–H groups in total. The van der Waals surface area contributed by atoms with Crippen LogP contribution >= 0.6 is 11.6 Å². The standard InChI is InChI=1S/C29H33ClF4N4O4/c1-36(23-13-19(29(32,33)34)12-20(30)14-23)28(41)37(2)25-16-38(15-24(25)17-4-8-21(31)9-5-17)26(39)18-6-10-22(11-7-18)35-27(40)42-3/h4-5,8-9,12-14,18,22,24-25H,6-7,10-11,15-16H2,1-3H3,(H,35,40)/t18-,22-,24-,25+/m0/s1. The molecule has 2 aromatic rings. The minimum Gasteiger partial charge on any atom is -0.453 e. The van der Waals surface area contributed by atoms with Crippen LogP contribution in [-0.4, -0.2) is 74.2 Å². The third kappa shape index (κ3) is 7.08. The number of likely N-dealkylation sites (tertiary alicyclic amines) is 1. The largest absolute Gasteiger partial charge is 0.453 e. The maximum Gasteiger partial charge on any atom is 0.416 e. The Balaban J connectivity index is 1.53. The van der Waals surface area contributed by atoms with Crippen molar-refractivity contribution in [2.45, 2.75) is 49.9 Å². The number of likely N-dealkylation sites (N-methyl/N-ethyl adjacent to an activating group) is 1. The number of alkyl halides is 3. The summed E-state index contributed by atoms with van der Waals surface area (Å²) in [6.07, 6.45) is -2.78. The number of nitrogens with zero attached hydrogens (tertiary/aromatic N) is 3. The number of anilines is 1. The molecule has 1 saturated carbocycles. The van der Waals surface area contributed by atoms with Crippen molar-refractivity contribution in [3.8, 4) is 0 Å². The molecule has 0 radical (unpaired) electrons. The summed E-state index contributed by atoms with van der Waals surface area (Å²) in [5.74, 6) is -1.12. The third-order valence-electron chi connectivity index (χ3n) is 8.17. The minimum absolute atomic E-state index is 0.0340. The van der Waals surface area contributed by atoms with Crippen LogP contribution in [-0.2, 0) is 15.7 Å². The van der Waals surface area contributed by atoms with Gasteiger partial charge in [0, 0.05) is 55.8 Å². The predicted molar refractivity (Wildman–Crippen MR) is 149 cm³/mol. The lowest BCUT2D eigenvalue weighted by Crippen LogP contribution is -2.48. The van der Waals surface area contributed by atoms with Crippen LogP contribution < -0.4 is 10.2 Å². The molecular weight excluding hydrogens is 580 g/mol. The molecule has 228 valence electrons. The number of nitrogens with one attached hydrogen (secondary N) is 1. The van der Waals surface area contributed by atoms with Gasteiger partial charge in [-0.05, 0) is 61.6 Å². The molecule has 1 aliphatic heterocycles. The van der Waals surface area contributed by atoms with Crippen LogP contribution in [0.15, 0.2) is 42.5 Å². The summed E-state index contributed by atoms with van der Waals surface area (Å²) >= 11 is 5.94. The van der Waals surface area contributed by atoms with Gasteiger partial charge in [0.05, 0.1) is 18.7 Å². The first-order valence-corrected chi connectivity index (χ1v) is 13.9. The summed E-state index contributed by atoms with van der Waals surface area (Å²) in [7, 11) is 4.18. The molecular formula is C29H33ClF4N4O4. The highest BCUT2D eigenvalue weighted by molar-refractivity contribution is 6.31. The van der Waals surface area contributed by atoms with Crippen LogP contribution in [0.3, 0.4) is 0 Å². The molecule has 1 aliphatic carbocycles. The molecule has 1 heterocycles. The highest BCUT2D eigenvalue weighted by Gasteiger charge is 2.43. The van der Waals surface area contributed by atoms with E-state index >= 15 is 0 Å². The van der Waals surface area contributed by atoms with Crippen LogP contribution in [0.2, 0.25) is 5.02 Å². The van der Waals surface area contributed by atoms with E-state index in [0.29, 0.717) is 25.7 Å². The lowest BCUT2D eigenvalue weighted by molar-refractivity contribution is -0.137. The number of carbonyl (C=O) groups is 3. The molecule has 2 fully saturated rings. The quantitative estimate of drug-likeness (QED) is 0.427. The minimum atomic E-state index is -4.65. The topological polar surface area (TPSA) is 82.2 Å². The van der Waals surface area contributed by atoms with Gasteiger partial charge in [-0.3, -0.25) is 9.69 Å². The van der Waals surface area contributed by atoms with Crippen molar-refractivity contribution < 1.29 is 36.7 Å². The fourth-order valence-corrected chi connectivity index (χ4v) is 6.01. The molecule has 42 heavy (non-hydrogen) atoms. The zero-order valence-electron chi connectivity index (χ0n) is 23.5. The SMILES string of the molecule is COC(=O)N[C@H]1CC[C@H](C(=O)N2C[C@@H](N(C)C(=O)N(C)c3cc(Cl)cc(C(F)(F)F)c3)[C@H](c3ccc(F)cc3)C2)CC1. The summed E-state index contributed by atoms with van der Waals surface area (Å²) in [6, 6.07) is 7.55. The Bertz CT molecular complexity index is 1300. The number of methoxy groups -OCH3 is 1. The maximum absolute atomic E-state index is 13.7. The summed E-state index contributed by atoms with van der Waals surface area (Å²) in [6.45, 7) is 0.479. The van der Waals surface area contributed by atoms with E-state index in [2.05, 4.69) is 10.1 Å². The van der Waals surface area contributed by atoms with E-state index in [4.69, 9.17) is 11.6 Å². The van der Waals surface area contributed by atoms with Crippen LogP contribution in [0.25, 0.3) is 0 Å². The maximum atomic E-state index is 13.7. The smallest absolute Gasteiger partial charge is 0.416 e. The van der Waals surface area contributed by atoms with Crippen molar-refractivity contribution in [2.24, 2.45) is 5.92 Å². The van der Waals surface area contributed by atoms with Gasteiger partial charge in [-0.15, -0.1) is 0 Å². The second-order valence-corrected chi connectivity index (χ2v) is 11.2. The van der Waals surface area contributed by atoms with E-state index in [1.807, 2.05) is 0 Å². The van der Waals surface area contributed by atoms with E-state index < -0.39 is 35.7 Å². The van der Waals surface area contributed by atoms with Crippen molar-refractivity contribution in [3.63, 3.8) is 0 Å². The first-order valence-electron chi connectivity index (χ1n) is 13.6. The lowest BCUT2D eigenvalue weighted by Gasteiger charge is -2.33. The number of rotatable bonds is 5. The van der Waals surface area contributed by atoms with Gasteiger partial charge >= 0.3 is 18.3 Å². The number of benzene rings is 2. The van der Waals surface area contributed by atoms with Crippen LogP contribution in [0.4, 0.5) is 32.8 Å². The van der Waals surface area contributed by atoms with E-state index in [1.165, 1.54) is 44.3 Å².